The number of benzene rings is 1. The normalized spacial score (nSPS) is 16.5. The average Bonchev–Trinajstić information content (AvgIpc) is 2.66. The summed E-state index contributed by atoms with van der Waals surface area (Å²) in [6.07, 6.45) is 7.00. The molecule has 126 valence electrons. The molecule has 1 aliphatic heterocycles. The Morgan fingerprint density at radius 1 is 1.04 bits per heavy atom. The van der Waals surface area contributed by atoms with E-state index in [0.29, 0.717) is 30.6 Å². The van der Waals surface area contributed by atoms with Crippen LogP contribution in [0.1, 0.15) is 54.4 Å². The van der Waals surface area contributed by atoms with Crippen molar-refractivity contribution in [3.63, 3.8) is 0 Å². The lowest BCUT2D eigenvalue weighted by Gasteiger charge is -2.16. The Bertz CT molecular complexity index is 642. The number of nitrogens with zero attached hydrogens (tertiary/aromatic N) is 1. The molecular weight excluding hydrogens is 334 g/mol. The maximum Gasteiger partial charge on any atom is 0.258 e. The van der Waals surface area contributed by atoms with Crippen molar-refractivity contribution in [3.05, 3.63) is 42.0 Å². The van der Waals surface area contributed by atoms with Gasteiger partial charge >= 0.3 is 0 Å². The summed E-state index contributed by atoms with van der Waals surface area (Å²) in [5.41, 5.74) is 2.17. The van der Waals surface area contributed by atoms with Gasteiger partial charge in [0.25, 0.3) is 5.91 Å². The summed E-state index contributed by atoms with van der Waals surface area (Å²) in [6.45, 7) is 4.37. The molecule has 4 nitrogen and oxygen atoms in total. The SMILES string of the molecule is C1CCC1.C=C1c2ccccc2C(=O)N1CCCCS(=O)(=O)Cl. The van der Waals surface area contributed by atoms with E-state index in [0.717, 1.165) is 5.56 Å². The Balaban J connectivity index is 0.000000417. The maximum atomic E-state index is 12.1. The van der Waals surface area contributed by atoms with Crippen molar-refractivity contribution < 1.29 is 13.2 Å². The molecule has 0 saturated heterocycles. The van der Waals surface area contributed by atoms with Crippen LogP contribution in [0.4, 0.5) is 0 Å². The van der Waals surface area contributed by atoms with Gasteiger partial charge in [0.15, 0.2) is 0 Å². The van der Waals surface area contributed by atoms with Crippen LogP contribution in [0, 0.1) is 0 Å². The molecule has 0 radical (unpaired) electrons. The fourth-order valence-electron chi connectivity index (χ4n) is 2.37. The summed E-state index contributed by atoms with van der Waals surface area (Å²) in [7, 11) is 1.68. The lowest BCUT2D eigenvalue weighted by molar-refractivity contribution is 0.0849. The van der Waals surface area contributed by atoms with Gasteiger partial charge in [0.1, 0.15) is 0 Å². The van der Waals surface area contributed by atoms with Crippen LogP contribution in [0.25, 0.3) is 5.70 Å². The minimum absolute atomic E-state index is 0.0734. The fraction of sp³-hybridized carbons (Fsp3) is 0.471. The standard InChI is InChI=1S/C13H14ClNO3S.C4H8/c1-10-11-6-2-3-7-12(11)13(16)15(10)8-4-5-9-19(14,17)18;1-2-4-3-1/h2-3,6-7H,1,4-5,8-9H2;1-4H2. The zero-order chi connectivity index (χ0) is 16.9. The van der Waals surface area contributed by atoms with Crippen LogP contribution in [0.2, 0.25) is 0 Å². The first-order chi connectivity index (χ1) is 10.9. The Hall–Kier alpha value is -1.33. The van der Waals surface area contributed by atoms with E-state index in [-0.39, 0.29) is 11.7 Å². The van der Waals surface area contributed by atoms with E-state index in [2.05, 4.69) is 6.58 Å². The minimum atomic E-state index is -3.45. The molecule has 23 heavy (non-hydrogen) atoms. The van der Waals surface area contributed by atoms with Crippen molar-refractivity contribution in [3.8, 4) is 0 Å². The predicted octanol–water partition coefficient (Wildman–Crippen LogP) is 4.02. The summed E-state index contributed by atoms with van der Waals surface area (Å²) in [4.78, 5) is 13.7. The van der Waals surface area contributed by atoms with Crippen LogP contribution in [0.3, 0.4) is 0 Å². The molecule has 6 heteroatoms. The number of hydrogen-bond donors (Lipinski definition) is 0. The summed E-state index contributed by atoms with van der Waals surface area (Å²) in [6, 6.07) is 7.30. The van der Waals surface area contributed by atoms with Crippen molar-refractivity contribution in [2.24, 2.45) is 0 Å². The van der Waals surface area contributed by atoms with E-state index < -0.39 is 9.05 Å². The molecule has 1 aromatic carbocycles. The number of hydrogen-bond acceptors (Lipinski definition) is 3. The van der Waals surface area contributed by atoms with Gasteiger partial charge in [-0.05, 0) is 18.9 Å². The Morgan fingerprint density at radius 2 is 1.61 bits per heavy atom. The van der Waals surface area contributed by atoms with Gasteiger partial charge in [-0.3, -0.25) is 4.79 Å². The molecule has 0 atom stereocenters. The van der Waals surface area contributed by atoms with Gasteiger partial charge in [-0.1, -0.05) is 50.5 Å². The number of unbranched alkanes of at least 4 members (excludes halogenated alkanes) is 1. The predicted molar refractivity (Wildman–Crippen MR) is 93.9 cm³/mol. The van der Waals surface area contributed by atoms with E-state index in [4.69, 9.17) is 10.7 Å². The van der Waals surface area contributed by atoms with Crippen LogP contribution >= 0.6 is 10.7 Å². The van der Waals surface area contributed by atoms with Gasteiger partial charge in [0.2, 0.25) is 9.05 Å². The molecule has 1 saturated carbocycles. The van der Waals surface area contributed by atoms with E-state index in [9.17, 15) is 13.2 Å². The number of carbonyl (C=O) groups is 1. The molecule has 2 aliphatic rings. The molecule has 0 unspecified atom stereocenters. The topological polar surface area (TPSA) is 54.5 Å². The summed E-state index contributed by atoms with van der Waals surface area (Å²) in [5, 5.41) is 0. The molecule has 0 N–H and O–H groups in total. The van der Waals surface area contributed by atoms with E-state index in [1.165, 1.54) is 25.7 Å². The number of fused-ring (bicyclic) bond motifs is 1. The lowest BCUT2D eigenvalue weighted by atomic mass is 10.0. The highest BCUT2D eigenvalue weighted by atomic mass is 35.7. The van der Waals surface area contributed by atoms with Crippen molar-refractivity contribution in [1.29, 1.82) is 0 Å². The van der Waals surface area contributed by atoms with Crippen molar-refractivity contribution in [2.45, 2.75) is 38.5 Å². The summed E-state index contributed by atoms with van der Waals surface area (Å²) in [5.74, 6) is -0.148. The highest BCUT2D eigenvalue weighted by molar-refractivity contribution is 8.13. The van der Waals surface area contributed by atoms with Crippen molar-refractivity contribution in [1.82, 2.24) is 4.90 Å². The summed E-state index contributed by atoms with van der Waals surface area (Å²) < 4.78 is 21.6. The van der Waals surface area contributed by atoms with Crippen LogP contribution in [-0.2, 0) is 9.05 Å². The molecule has 0 bridgehead atoms. The summed E-state index contributed by atoms with van der Waals surface area (Å²) >= 11 is 0. The van der Waals surface area contributed by atoms with Gasteiger partial charge in [-0.15, -0.1) is 0 Å². The molecule has 1 aromatic rings. The second-order valence-corrected chi connectivity index (χ2v) is 8.71. The molecule has 0 aromatic heterocycles. The molecule has 1 amide bonds. The first kappa shape index (κ1) is 18.0. The quantitative estimate of drug-likeness (QED) is 0.592. The van der Waals surface area contributed by atoms with Crippen molar-refractivity contribution >= 4 is 31.3 Å². The molecule has 3 rings (SSSR count). The zero-order valence-corrected chi connectivity index (χ0v) is 14.7. The number of carbonyl (C=O) groups excluding carboxylic acids is 1. The largest absolute Gasteiger partial charge is 0.308 e. The highest BCUT2D eigenvalue weighted by Crippen LogP contribution is 2.31. The van der Waals surface area contributed by atoms with Crippen molar-refractivity contribution in [2.75, 3.05) is 12.3 Å². The number of halogens is 1. The Morgan fingerprint density at radius 3 is 2.09 bits per heavy atom. The molecule has 1 heterocycles. The molecule has 1 fully saturated rings. The van der Waals surface area contributed by atoms with Crippen LogP contribution in [-0.4, -0.2) is 31.5 Å². The monoisotopic (exact) mass is 355 g/mol. The van der Waals surface area contributed by atoms with Crippen LogP contribution in [0.15, 0.2) is 30.8 Å². The third-order valence-electron chi connectivity index (χ3n) is 4.06. The average molecular weight is 356 g/mol. The smallest absolute Gasteiger partial charge is 0.258 e. The fourth-order valence-corrected chi connectivity index (χ4v) is 3.24. The minimum Gasteiger partial charge on any atom is -0.308 e. The molecular formula is C17H22ClNO3S. The van der Waals surface area contributed by atoms with Gasteiger partial charge < -0.3 is 4.90 Å². The maximum absolute atomic E-state index is 12.1. The molecule has 0 spiro atoms. The van der Waals surface area contributed by atoms with E-state index >= 15 is 0 Å². The Labute approximate surface area is 142 Å². The van der Waals surface area contributed by atoms with Gasteiger partial charge in [-0.25, -0.2) is 8.42 Å². The van der Waals surface area contributed by atoms with Crippen LogP contribution in [0.5, 0.6) is 0 Å². The third kappa shape index (κ3) is 5.08. The van der Waals surface area contributed by atoms with E-state index in [1.807, 2.05) is 18.2 Å². The van der Waals surface area contributed by atoms with Crippen LogP contribution < -0.4 is 0 Å². The van der Waals surface area contributed by atoms with E-state index in [1.54, 1.807) is 11.0 Å². The number of rotatable bonds is 5. The van der Waals surface area contributed by atoms with Gasteiger partial charge in [-0.2, -0.15) is 0 Å². The first-order valence-electron chi connectivity index (χ1n) is 7.92. The first-order valence-corrected chi connectivity index (χ1v) is 10.4. The zero-order valence-electron chi connectivity index (χ0n) is 13.1. The third-order valence-corrected chi connectivity index (χ3v) is 5.30. The second-order valence-electron chi connectivity index (χ2n) is 5.81. The highest BCUT2D eigenvalue weighted by Gasteiger charge is 2.29. The molecule has 1 aliphatic carbocycles. The van der Waals surface area contributed by atoms with Gasteiger partial charge in [0.05, 0.1) is 5.75 Å². The lowest BCUT2D eigenvalue weighted by Crippen LogP contribution is -2.24. The van der Waals surface area contributed by atoms with Gasteiger partial charge in [0, 0.05) is 34.1 Å². The Kier molecular flexibility index (Phi) is 6.25. The number of amides is 1. The second kappa shape index (κ2) is 7.97.